The molecule has 0 aromatic carbocycles. The highest BCUT2D eigenvalue weighted by molar-refractivity contribution is 6.58. The lowest BCUT2D eigenvalue weighted by Gasteiger charge is -1.96. The SMILES string of the molecule is Cc1cc(B(O)O)cnn1. The fourth-order valence-electron chi connectivity index (χ4n) is 0.635. The molecule has 1 heterocycles. The molecule has 0 radical (unpaired) electrons. The minimum Gasteiger partial charge on any atom is -0.423 e. The lowest BCUT2D eigenvalue weighted by molar-refractivity contribution is 0.425. The van der Waals surface area contributed by atoms with Gasteiger partial charge in [-0.3, -0.25) is 0 Å². The maximum absolute atomic E-state index is 8.64. The maximum Gasteiger partial charge on any atom is 0.490 e. The molecule has 0 aliphatic carbocycles. The fourth-order valence-corrected chi connectivity index (χ4v) is 0.635. The first-order valence-electron chi connectivity index (χ1n) is 2.85. The van der Waals surface area contributed by atoms with Crippen molar-refractivity contribution in [3.8, 4) is 0 Å². The van der Waals surface area contributed by atoms with E-state index in [4.69, 9.17) is 10.0 Å². The van der Waals surface area contributed by atoms with Crippen molar-refractivity contribution in [2.45, 2.75) is 6.92 Å². The second kappa shape index (κ2) is 2.77. The van der Waals surface area contributed by atoms with Crippen molar-refractivity contribution in [1.82, 2.24) is 10.2 Å². The van der Waals surface area contributed by atoms with Crippen LogP contribution in [0, 0.1) is 6.92 Å². The van der Waals surface area contributed by atoms with Gasteiger partial charge in [0.2, 0.25) is 0 Å². The van der Waals surface area contributed by atoms with Crippen LogP contribution in [0.5, 0.6) is 0 Å². The van der Waals surface area contributed by atoms with Gasteiger partial charge >= 0.3 is 7.12 Å². The summed E-state index contributed by atoms with van der Waals surface area (Å²) in [5, 5.41) is 24.5. The van der Waals surface area contributed by atoms with Crippen molar-refractivity contribution < 1.29 is 10.0 Å². The molecule has 1 rings (SSSR count). The summed E-state index contributed by atoms with van der Waals surface area (Å²) in [6.07, 6.45) is 1.32. The van der Waals surface area contributed by atoms with Crippen molar-refractivity contribution in [3.63, 3.8) is 0 Å². The smallest absolute Gasteiger partial charge is 0.423 e. The zero-order valence-corrected chi connectivity index (χ0v) is 5.52. The predicted octanol–water partition coefficient (Wildman–Crippen LogP) is -1.54. The van der Waals surface area contributed by atoms with E-state index in [1.165, 1.54) is 6.20 Å². The third-order valence-corrected chi connectivity index (χ3v) is 1.10. The largest absolute Gasteiger partial charge is 0.490 e. The molecule has 0 fully saturated rings. The maximum atomic E-state index is 8.64. The molecule has 1 aromatic heterocycles. The van der Waals surface area contributed by atoms with Gasteiger partial charge < -0.3 is 10.0 Å². The Balaban J connectivity index is 2.96. The lowest BCUT2D eigenvalue weighted by atomic mass is 9.82. The van der Waals surface area contributed by atoms with Crippen molar-refractivity contribution in [2.75, 3.05) is 0 Å². The molecular formula is C5H7BN2O2. The molecule has 0 saturated carbocycles. The molecule has 0 aliphatic heterocycles. The standard InChI is InChI=1S/C5H7BN2O2/c1-4-2-5(6(9)10)3-7-8-4/h2-3,9-10H,1H3. The van der Waals surface area contributed by atoms with E-state index in [9.17, 15) is 0 Å². The second-order valence-corrected chi connectivity index (χ2v) is 2.00. The van der Waals surface area contributed by atoms with Gasteiger partial charge in [0.1, 0.15) is 0 Å². The van der Waals surface area contributed by atoms with Crippen molar-refractivity contribution >= 4 is 12.6 Å². The highest BCUT2D eigenvalue weighted by Crippen LogP contribution is 1.84. The van der Waals surface area contributed by atoms with Crippen LogP contribution in [0.3, 0.4) is 0 Å². The van der Waals surface area contributed by atoms with Gasteiger partial charge in [-0.1, -0.05) is 0 Å². The van der Waals surface area contributed by atoms with Gasteiger partial charge in [-0.2, -0.15) is 10.2 Å². The Hall–Kier alpha value is -0.935. The van der Waals surface area contributed by atoms with Crippen LogP contribution in [0.1, 0.15) is 5.69 Å². The molecule has 1 aromatic rings. The van der Waals surface area contributed by atoms with Gasteiger partial charge in [0.05, 0.1) is 5.69 Å². The molecule has 0 atom stereocenters. The minimum atomic E-state index is -1.45. The van der Waals surface area contributed by atoms with Crippen LogP contribution < -0.4 is 5.46 Å². The summed E-state index contributed by atoms with van der Waals surface area (Å²) in [7, 11) is -1.45. The molecule has 5 heteroatoms. The Morgan fingerprint density at radius 3 is 2.60 bits per heavy atom. The highest BCUT2D eigenvalue weighted by Gasteiger charge is 2.10. The molecule has 52 valence electrons. The Morgan fingerprint density at radius 1 is 1.50 bits per heavy atom. The summed E-state index contributed by atoms with van der Waals surface area (Å²) in [5.74, 6) is 0. The van der Waals surface area contributed by atoms with Crippen molar-refractivity contribution in [1.29, 1.82) is 0 Å². The number of rotatable bonds is 1. The molecular weight excluding hydrogens is 131 g/mol. The number of hydrogen-bond donors (Lipinski definition) is 2. The first kappa shape index (κ1) is 7.18. The molecule has 10 heavy (non-hydrogen) atoms. The Bertz CT molecular complexity index is 229. The van der Waals surface area contributed by atoms with Crippen LogP contribution in [0.15, 0.2) is 12.3 Å². The van der Waals surface area contributed by atoms with Crippen LogP contribution in [-0.4, -0.2) is 27.4 Å². The van der Waals surface area contributed by atoms with Gasteiger partial charge in [0, 0.05) is 11.7 Å². The van der Waals surface area contributed by atoms with E-state index >= 15 is 0 Å². The van der Waals surface area contributed by atoms with Gasteiger partial charge in [-0.25, -0.2) is 0 Å². The van der Waals surface area contributed by atoms with Gasteiger partial charge in [-0.15, -0.1) is 0 Å². The summed E-state index contributed by atoms with van der Waals surface area (Å²) in [4.78, 5) is 0. The van der Waals surface area contributed by atoms with Crippen LogP contribution in [0.2, 0.25) is 0 Å². The molecule has 0 saturated heterocycles. The monoisotopic (exact) mass is 138 g/mol. The van der Waals surface area contributed by atoms with E-state index in [1.807, 2.05) is 0 Å². The normalized spacial score (nSPS) is 9.50. The Morgan fingerprint density at radius 2 is 2.20 bits per heavy atom. The minimum absolute atomic E-state index is 0.368. The molecule has 0 unspecified atom stereocenters. The fraction of sp³-hybridized carbons (Fsp3) is 0.200. The molecule has 2 N–H and O–H groups in total. The van der Waals surface area contributed by atoms with Crippen LogP contribution in [0.4, 0.5) is 0 Å². The highest BCUT2D eigenvalue weighted by atomic mass is 16.4. The second-order valence-electron chi connectivity index (χ2n) is 2.00. The van der Waals surface area contributed by atoms with Crippen molar-refractivity contribution in [3.05, 3.63) is 18.0 Å². The summed E-state index contributed by atoms with van der Waals surface area (Å²) >= 11 is 0. The average molecular weight is 138 g/mol. The molecule has 4 nitrogen and oxygen atoms in total. The summed E-state index contributed by atoms with van der Waals surface area (Å²) in [6.45, 7) is 1.74. The topological polar surface area (TPSA) is 66.2 Å². The first-order chi connectivity index (χ1) is 4.70. The molecule has 0 spiro atoms. The molecule has 0 amide bonds. The lowest BCUT2D eigenvalue weighted by Crippen LogP contribution is -2.30. The first-order valence-corrected chi connectivity index (χ1v) is 2.85. The van der Waals surface area contributed by atoms with E-state index in [2.05, 4.69) is 10.2 Å². The zero-order valence-electron chi connectivity index (χ0n) is 5.52. The number of aryl methyl sites for hydroxylation is 1. The van der Waals surface area contributed by atoms with Gasteiger partial charge in [0.15, 0.2) is 0 Å². The average Bonchev–Trinajstić information content (AvgIpc) is 1.88. The summed E-state index contributed by atoms with van der Waals surface area (Å²) < 4.78 is 0. The van der Waals surface area contributed by atoms with Crippen LogP contribution in [0.25, 0.3) is 0 Å². The Kier molecular flexibility index (Phi) is 1.98. The summed E-state index contributed by atoms with van der Waals surface area (Å²) in [6, 6.07) is 1.57. The molecule has 0 aliphatic rings. The summed E-state index contributed by atoms with van der Waals surface area (Å²) in [5.41, 5.74) is 1.04. The van der Waals surface area contributed by atoms with E-state index < -0.39 is 7.12 Å². The van der Waals surface area contributed by atoms with E-state index in [-0.39, 0.29) is 0 Å². The molecule has 0 bridgehead atoms. The van der Waals surface area contributed by atoms with E-state index in [0.717, 1.165) is 0 Å². The quantitative estimate of drug-likeness (QED) is 0.461. The zero-order chi connectivity index (χ0) is 7.56. The number of nitrogens with zero attached hydrogens (tertiary/aromatic N) is 2. The van der Waals surface area contributed by atoms with Gasteiger partial charge in [0.25, 0.3) is 0 Å². The Labute approximate surface area is 58.7 Å². The van der Waals surface area contributed by atoms with E-state index in [1.54, 1.807) is 13.0 Å². The third kappa shape index (κ3) is 1.52. The van der Waals surface area contributed by atoms with E-state index in [0.29, 0.717) is 11.2 Å². The predicted molar refractivity (Wildman–Crippen MR) is 36.6 cm³/mol. The number of hydrogen-bond acceptors (Lipinski definition) is 4. The third-order valence-electron chi connectivity index (χ3n) is 1.10. The van der Waals surface area contributed by atoms with Crippen LogP contribution in [-0.2, 0) is 0 Å². The van der Waals surface area contributed by atoms with Crippen LogP contribution >= 0.6 is 0 Å². The van der Waals surface area contributed by atoms with Crippen molar-refractivity contribution in [2.24, 2.45) is 0 Å². The van der Waals surface area contributed by atoms with Gasteiger partial charge in [-0.05, 0) is 13.0 Å². The number of aromatic nitrogens is 2.